The van der Waals surface area contributed by atoms with Gasteiger partial charge in [-0.3, -0.25) is 9.59 Å². The van der Waals surface area contributed by atoms with E-state index in [4.69, 9.17) is 0 Å². The first kappa shape index (κ1) is 21.2. The lowest BCUT2D eigenvalue weighted by atomic mass is 10.0. The average Bonchev–Trinajstić information content (AvgIpc) is 2.73. The molecule has 4 nitrogen and oxygen atoms in total. The van der Waals surface area contributed by atoms with Gasteiger partial charge in [0.25, 0.3) is 0 Å². The summed E-state index contributed by atoms with van der Waals surface area (Å²) in [7, 11) is 1.68. The van der Waals surface area contributed by atoms with Gasteiger partial charge in [0.05, 0.1) is 16.5 Å². The molecule has 8 heteroatoms. The number of hydrogen-bond donors (Lipinski definition) is 1. The monoisotopic (exact) mass is 444 g/mol. The van der Waals surface area contributed by atoms with E-state index >= 15 is 0 Å². The van der Waals surface area contributed by atoms with Crippen LogP contribution in [-0.2, 0) is 22.3 Å². The van der Waals surface area contributed by atoms with Gasteiger partial charge in [0.1, 0.15) is 0 Å². The van der Waals surface area contributed by atoms with Crippen molar-refractivity contribution in [3.63, 3.8) is 0 Å². The number of halogens is 3. The Balaban J connectivity index is 1.45. The van der Waals surface area contributed by atoms with Crippen molar-refractivity contribution in [3.05, 3.63) is 71.8 Å². The largest absolute Gasteiger partial charge is 0.416 e. The van der Waals surface area contributed by atoms with Crippen molar-refractivity contribution < 1.29 is 22.8 Å². The van der Waals surface area contributed by atoms with E-state index in [0.29, 0.717) is 11.4 Å². The molecule has 0 spiro atoms. The highest BCUT2D eigenvalue weighted by atomic mass is 32.2. The standard InChI is InChI=1S/C23H19F3N2O2S/c1-28(13-15-7-4-6-14-5-2-3-8-17(14)15)21(29)12-20-22(30)27-18-11-16(23(24,25)26)9-10-19(18)31-20/h2-11,20H,12-13H2,1H3,(H,27,30). The number of nitrogens with one attached hydrogen (secondary N) is 1. The summed E-state index contributed by atoms with van der Waals surface area (Å²) in [6.45, 7) is 0.394. The van der Waals surface area contributed by atoms with Crippen LogP contribution in [0.4, 0.5) is 18.9 Å². The molecule has 0 aromatic heterocycles. The van der Waals surface area contributed by atoms with Crippen molar-refractivity contribution in [2.24, 2.45) is 0 Å². The van der Waals surface area contributed by atoms with Crippen LogP contribution in [0.1, 0.15) is 17.5 Å². The first-order valence-electron chi connectivity index (χ1n) is 9.62. The molecule has 1 heterocycles. The van der Waals surface area contributed by atoms with Crippen molar-refractivity contribution >= 4 is 40.0 Å². The zero-order chi connectivity index (χ0) is 22.2. The summed E-state index contributed by atoms with van der Waals surface area (Å²) in [6.07, 6.45) is -4.53. The fraction of sp³-hybridized carbons (Fsp3) is 0.217. The Morgan fingerprint density at radius 3 is 2.61 bits per heavy atom. The Morgan fingerprint density at radius 2 is 1.84 bits per heavy atom. The van der Waals surface area contributed by atoms with Crippen LogP contribution in [0, 0.1) is 0 Å². The molecule has 3 aromatic rings. The van der Waals surface area contributed by atoms with E-state index in [1.807, 2.05) is 42.5 Å². The molecular formula is C23H19F3N2O2S. The number of anilines is 1. The minimum atomic E-state index is -4.48. The maximum Gasteiger partial charge on any atom is 0.416 e. The number of fused-ring (bicyclic) bond motifs is 2. The van der Waals surface area contributed by atoms with Gasteiger partial charge in [-0.15, -0.1) is 11.8 Å². The summed E-state index contributed by atoms with van der Waals surface area (Å²) < 4.78 is 38.7. The highest BCUT2D eigenvalue weighted by Gasteiger charge is 2.34. The molecule has 1 aliphatic rings. The van der Waals surface area contributed by atoms with Crippen molar-refractivity contribution in [2.75, 3.05) is 12.4 Å². The first-order valence-corrected chi connectivity index (χ1v) is 10.5. The van der Waals surface area contributed by atoms with Crippen LogP contribution in [0.5, 0.6) is 0 Å². The number of alkyl halides is 3. The molecule has 0 fully saturated rings. The van der Waals surface area contributed by atoms with E-state index in [9.17, 15) is 22.8 Å². The Bertz CT molecular complexity index is 1160. The van der Waals surface area contributed by atoms with Gasteiger partial charge in [-0.05, 0) is 34.5 Å². The Morgan fingerprint density at radius 1 is 1.10 bits per heavy atom. The third-order valence-corrected chi connectivity index (χ3v) is 6.47. The topological polar surface area (TPSA) is 49.4 Å². The third-order valence-electron chi connectivity index (χ3n) is 5.20. The second kappa shape index (κ2) is 8.26. The third kappa shape index (κ3) is 4.54. The molecule has 0 bridgehead atoms. The van der Waals surface area contributed by atoms with Crippen LogP contribution in [0.15, 0.2) is 65.6 Å². The number of amides is 2. The summed E-state index contributed by atoms with van der Waals surface area (Å²) in [5.74, 6) is -0.681. The van der Waals surface area contributed by atoms with E-state index in [1.165, 1.54) is 6.07 Å². The molecule has 3 aromatic carbocycles. The fourth-order valence-corrected chi connectivity index (χ4v) is 4.63. The smallest absolute Gasteiger partial charge is 0.341 e. The molecule has 160 valence electrons. The van der Waals surface area contributed by atoms with Crippen molar-refractivity contribution in [1.82, 2.24) is 4.90 Å². The number of rotatable bonds is 4. The number of benzene rings is 3. The van der Waals surface area contributed by atoms with Gasteiger partial charge < -0.3 is 10.2 Å². The zero-order valence-electron chi connectivity index (χ0n) is 16.6. The van der Waals surface area contributed by atoms with Gasteiger partial charge in [0.2, 0.25) is 11.8 Å². The zero-order valence-corrected chi connectivity index (χ0v) is 17.4. The normalized spacial score (nSPS) is 16.0. The summed E-state index contributed by atoms with van der Waals surface area (Å²) in [5.41, 5.74) is 0.300. The summed E-state index contributed by atoms with van der Waals surface area (Å²) in [6, 6.07) is 17.0. The van der Waals surface area contributed by atoms with Gasteiger partial charge in [-0.2, -0.15) is 13.2 Å². The second-order valence-electron chi connectivity index (χ2n) is 7.40. The van der Waals surface area contributed by atoms with Crippen molar-refractivity contribution in [3.8, 4) is 0 Å². The lowest BCUT2D eigenvalue weighted by molar-refractivity contribution is -0.137. The molecule has 0 aliphatic carbocycles. The Labute approximate surface area is 181 Å². The average molecular weight is 444 g/mol. The van der Waals surface area contributed by atoms with Crippen LogP contribution in [0.3, 0.4) is 0 Å². The Hall–Kier alpha value is -3.00. The first-order chi connectivity index (χ1) is 14.7. The minimum Gasteiger partial charge on any atom is -0.341 e. The van der Waals surface area contributed by atoms with Crippen LogP contribution in [0.2, 0.25) is 0 Å². The number of nitrogens with zero attached hydrogens (tertiary/aromatic N) is 1. The number of thioether (sulfide) groups is 1. The molecule has 0 radical (unpaired) electrons. The Kier molecular flexibility index (Phi) is 5.66. The van der Waals surface area contributed by atoms with Crippen LogP contribution in [-0.4, -0.2) is 29.0 Å². The number of carbonyl (C=O) groups excluding carboxylic acids is 2. The number of hydrogen-bond acceptors (Lipinski definition) is 3. The fourth-order valence-electron chi connectivity index (χ4n) is 3.55. The molecule has 1 unspecified atom stereocenters. The van der Waals surface area contributed by atoms with Gasteiger partial charge >= 0.3 is 6.18 Å². The summed E-state index contributed by atoms with van der Waals surface area (Å²) in [4.78, 5) is 27.3. The molecule has 31 heavy (non-hydrogen) atoms. The summed E-state index contributed by atoms with van der Waals surface area (Å²) in [5, 5.41) is 3.95. The van der Waals surface area contributed by atoms with E-state index in [2.05, 4.69) is 5.32 Å². The summed E-state index contributed by atoms with van der Waals surface area (Å²) >= 11 is 1.11. The number of carbonyl (C=O) groups is 2. The molecule has 1 atom stereocenters. The highest BCUT2D eigenvalue weighted by molar-refractivity contribution is 8.01. The van der Waals surface area contributed by atoms with Crippen molar-refractivity contribution in [1.29, 1.82) is 0 Å². The lowest BCUT2D eigenvalue weighted by Crippen LogP contribution is -2.35. The lowest BCUT2D eigenvalue weighted by Gasteiger charge is -2.26. The van der Waals surface area contributed by atoms with Gasteiger partial charge in [-0.1, -0.05) is 42.5 Å². The molecule has 1 N–H and O–H groups in total. The van der Waals surface area contributed by atoms with E-state index in [0.717, 1.165) is 40.2 Å². The van der Waals surface area contributed by atoms with E-state index in [1.54, 1.807) is 11.9 Å². The van der Waals surface area contributed by atoms with Gasteiger partial charge in [0.15, 0.2) is 0 Å². The molecule has 2 amide bonds. The maximum atomic E-state index is 12.9. The maximum absolute atomic E-state index is 12.9. The second-order valence-corrected chi connectivity index (χ2v) is 8.64. The highest BCUT2D eigenvalue weighted by Crippen LogP contribution is 2.40. The molecule has 4 rings (SSSR count). The minimum absolute atomic E-state index is 0.0434. The molecular weight excluding hydrogens is 425 g/mol. The van der Waals surface area contributed by atoms with Crippen molar-refractivity contribution in [2.45, 2.75) is 29.3 Å². The van der Waals surface area contributed by atoms with Crippen LogP contribution < -0.4 is 5.32 Å². The van der Waals surface area contributed by atoms with Crippen LogP contribution >= 0.6 is 11.8 Å². The quantitative estimate of drug-likeness (QED) is 0.593. The van der Waals surface area contributed by atoms with Gasteiger partial charge in [-0.25, -0.2) is 0 Å². The SMILES string of the molecule is CN(Cc1cccc2ccccc12)C(=O)CC1Sc2ccc(C(F)(F)F)cc2NC1=O. The molecule has 0 saturated heterocycles. The predicted molar refractivity (Wildman–Crippen MR) is 115 cm³/mol. The van der Waals surface area contributed by atoms with E-state index < -0.39 is 22.9 Å². The van der Waals surface area contributed by atoms with Crippen LogP contribution in [0.25, 0.3) is 10.8 Å². The molecule has 1 aliphatic heterocycles. The molecule has 0 saturated carbocycles. The van der Waals surface area contributed by atoms with Gasteiger partial charge in [0, 0.05) is 24.9 Å². The van der Waals surface area contributed by atoms with E-state index in [-0.39, 0.29) is 18.0 Å². The predicted octanol–water partition coefficient (Wildman–Crippen LogP) is 5.32.